The Morgan fingerprint density at radius 1 is 1.28 bits per heavy atom. The zero-order valence-corrected chi connectivity index (χ0v) is 9.71. The van der Waals surface area contributed by atoms with Gasteiger partial charge in [0, 0.05) is 11.8 Å². The Bertz CT molecular complexity index is 585. The second kappa shape index (κ2) is 5.60. The molecular weight excluding hydrogens is 226 g/mol. The molecule has 0 unspecified atom stereocenters. The van der Waals surface area contributed by atoms with E-state index in [0.717, 1.165) is 11.3 Å². The minimum atomic E-state index is 0.354. The third-order valence-corrected chi connectivity index (χ3v) is 2.25. The molecule has 0 aliphatic rings. The molecule has 0 amide bonds. The standard InChI is InChI=1S/C14H11N3O/c1-2-9-18-13-5-3-11(4-6-13)14-16-8-7-12(10-15)17-14/h2-8H,1,9H2. The first kappa shape index (κ1) is 11.8. The van der Waals surface area contributed by atoms with Crippen LogP contribution < -0.4 is 4.74 Å². The number of benzene rings is 1. The topological polar surface area (TPSA) is 58.8 Å². The second-order valence-electron chi connectivity index (χ2n) is 3.50. The Hall–Kier alpha value is -2.67. The number of hydrogen-bond donors (Lipinski definition) is 0. The van der Waals surface area contributed by atoms with E-state index in [9.17, 15) is 0 Å². The first-order valence-electron chi connectivity index (χ1n) is 5.41. The number of nitrogens with zero attached hydrogens (tertiary/aromatic N) is 3. The fourth-order valence-corrected chi connectivity index (χ4v) is 1.42. The summed E-state index contributed by atoms with van der Waals surface area (Å²) in [6.45, 7) is 4.06. The van der Waals surface area contributed by atoms with E-state index in [1.54, 1.807) is 18.3 Å². The van der Waals surface area contributed by atoms with Crippen molar-refractivity contribution >= 4 is 0 Å². The van der Waals surface area contributed by atoms with E-state index >= 15 is 0 Å². The number of hydrogen-bond acceptors (Lipinski definition) is 4. The van der Waals surface area contributed by atoms with E-state index in [4.69, 9.17) is 10.00 Å². The van der Waals surface area contributed by atoms with Crippen molar-refractivity contribution < 1.29 is 4.74 Å². The number of ether oxygens (including phenoxy) is 1. The highest BCUT2D eigenvalue weighted by atomic mass is 16.5. The molecule has 0 bridgehead atoms. The average molecular weight is 237 g/mol. The van der Waals surface area contributed by atoms with Crippen molar-refractivity contribution in [3.05, 3.63) is 54.9 Å². The maximum absolute atomic E-state index is 8.78. The van der Waals surface area contributed by atoms with Crippen molar-refractivity contribution in [2.75, 3.05) is 6.61 Å². The Balaban J connectivity index is 2.23. The zero-order chi connectivity index (χ0) is 12.8. The lowest BCUT2D eigenvalue weighted by molar-refractivity contribution is 0.363. The predicted molar refractivity (Wildman–Crippen MR) is 67.9 cm³/mol. The van der Waals surface area contributed by atoms with Crippen LogP contribution in [0.3, 0.4) is 0 Å². The van der Waals surface area contributed by atoms with Crippen molar-refractivity contribution in [1.82, 2.24) is 9.97 Å². The fourth-order valence-electron chi connectivity index (χ4n) is 1.42. The summed E-state index contributed by atoms with van der Waals surface area (Å²) in [4.78, 5) is 8.25. The van der Waals surface area contributed by atoms with Crippen molar-refractivity contribution in [1.29, 1.82) is 5.26 Å². The molecule has 0 fully saturated rings. The van der Waals surface area contributed by atoms with Gasteiger partial charge >= 0.3 is 0 Å². The Kier molecular flexibility index (Phi) is 3.67. The van der Waals surface area contributed by atoms with E-state index < -0.39 is 0 Å². The molecule has 0 N–H and O–H groups in total. The summed E-state index contributed by atoms with van der Waals surface area (Å²) in [5.41, 5.74) is 1.20. The van der Waals surface area contributed by atoms with Gasteiger partial charge in [-0.25, -0.2) is 9.97 Å². The first-order valence-corrected chi connectivity index (χ1v) is 5.41. The van der Waals surface area contributed by atoms with Gasteiger partial charge in [0.2, 0.25) is 0 Å². The first-order chi connectivity index (χ1) is 8.83. The molecule has 4 heteroatoms. The number of rotatable bonds is 4. The van der Waals surface area contributed by atoms with Gasteiger partial charge in [0.1, 0.15) is 24.1 Å². The van der Waals surface area contributed by atoms with Crippen LogP contribution in [0.25, 0.3) is 11.4 Å². The molecule has 1 aromatic carbocycles. The van der Waals surface area contributed by atoms with Crippen LogP contribution in [0, 0.1) is 11.3 Å². The van der Waals surface area contributed by atoms with Gasteiger partial charge in [0.25, 0.3) is 0 Å². The highest BCUT2D eigenvalue weighted by molar-refractivity contribution is 5.56. The van der Waals surface area contributed by atoms with Gasteiger partial charge in [-0.3, -0.25) is 0 Å². The molecule has 0 atom stereocenters. The van der Waals surface area contributed by atoms with E-state index in [1.165, 1.54) is 0 Å². The van der Waals surface area contributed by atoms with Crippen LogP contribution in [0.5, 0.6) is 5.75 Å². The lowest BCUT2D eigenvalue weighted by Gasteiger charge is -2.04. The van der Waals surface area contributed by atoms with Crippen LogP contribution in [0.4, 0.5) is 0 Å². The molecule has 2 aromatic rings. The molecule has 18 heavy (non-hydrogen) atoms. The quantitative estimate of drug-likeness (QED) is 0.767. The van der Waals surface area contributed by atoms with E-state index in [1.807, 2.05) is 30.3 Å². The monoisotopic (exact) mass is 237 g/mol. The van der Waals surface area contributed by atoms with Crippen molar-refractivity contribution in [3.8, 4) is 23.2 Å². The van der Waals surface area contributed by atoms with Gasteiger partial charge in [0.15, 0.2) is 5.82 Å². The molecule has 88 valence electrons. The minimum absolute atomic E-state index is 0.354. The summed E-state index contributed by atoms with van der Waals surface area (Å²) >= 11 is 0. The van der Waals surface area contributed by atoms with E-state index in [-0.39, 0.29) is 0 Å². The lowest BCUT2D eigenvalue weighted by Crippen LogP contribution is -1.94. The summed E-state index contributed by atoms with van der Waals surface area (Å²) in [6.07, 6.45) is 3.26. The molecule has 0 saturated heterocycles. The molecule has 0 spiro atoms. The zero-order valence-electron chi connectivity index (χ0n) is 9.71. The highest BCUT2D eigenvalue weighted by Gasteiger charge is 2.02. The number of aromatic nitrogens is 2. The maximum atomic E-state index is 8.78. The normalized spacial score (nSPS) is 9.50. The van der Waals surface area contributed by atoms with E-state index in [0.29, 0.717) is 18.1 Å². The Labute approximate surface area is 105 Å². The average Bonchev–Trinajstić information content (AvgIpc) is 2.46. The van der Waals surface area contributed by atoms with Crippen LogP contribution in [0.15, 0.2) is 49.2 Å². The van der Waals surface area contributed by atoms with Gasteiger partial charge in [-0.2, -0.15) is 5.26 Å². The van der Waals surface area contributed by atoms with E-state index in [2.05, 4.69) is 16.5 Å². The summed E-state index contributed by atoms with van der Waals surface area (Å²) in [6, 6.07) is 10.9. The third-order valence-electron chi connectivity index (χ3n) is 2.25. The molecule has 1 heterocycles. The van der Waals surface area contributed by atoms with Gasteiger partial charge < -0.3 is 4.74 Å². The molecule has 0 aliphatic heterocycles. The fraction of sp³-hybridized carbons (Fsp3) is 0.0714. The predicted octanol–water partition coefficient (Wildman–Crippen LogP) is 2.58. The summed E-state index contributed by atoms with van der Waals surface area (Å²) in [5.74, 6) is 1.29. The molecule has 0 radical (unpaired) electrons. The van der Waals surface area contributed by atoms with Crippen molar-refractivity contribution in [2.45, 2.75) is 0 Å². The van der Waals surface area contributed by atoms with Crippen LogP contribution in [-0.2, 0) is 0 Å². The molecule has 4 nitrogen and oxygen atoms in total. The van der Waals surface area contributed by atoms with Gasteiger partial charge in [0.05, 0.1) is 0 Å². The SMILES string of the molecule is C=CCOc1ccc(-c2nccc(C#N)n2)cc1. The summed E-state index contributed by atoms with van der Waals surface area (Å²) in [7, 11) is 0. The van der Waals surface area contributed by atoms with Gasteiger partial charge in [-0.1, -0.05) is 12.7 Å². The van der Waals surface area contributed by atoms with Crippen molar-refractivity contribution in [3.63, 3.8) is 0 Å². The molecule has 0 aliphatic carbocycles. The molecule has 0 saturated carbocycles. The highest BCUT2D eigenvalue weighted by Crippen LogP contribution is 2.19. The largest absolute Gasteiger partial charge is 0.490 e. The van der Waals surface area contributed by atoms with Gasteiger partial charge in [-0.15, -0.1) is 0 Å². The van der Waals surface area contributed by atoms with Crippen LogP contribution in [0.1, 0.15) is 5.69 Å². The van der Waals surface area contributed by atoms with Crippen LogP contribution in [0.2, 0.25) is 0 Å². The van der Waals surface area contributed by atoms with Gasteiger partial charge in [-0.05, 0) is 30.3 Å². The van der Waals surface area contributed by atoms with Crippen LogP contribution in [-0.4, -0.2) is 16.6 Å². The van der Waals surface area contributed by atoms with Crippen LogP contribution >= 0.6 is 0 Å². The Morgan fingerprint density at radius 3 is 2.72 bits per heavy atom. The summed E-state index contributed by atoms with van der Waals surface area (Å²) in [5, 5.41) is 8.78. The Morgan fingerprint density at radius 2 is 2.06 bits per heavy atom. The lowest BCUT2D eigenvalue weighted by atomic mass is 10.2. The second-order valence-corrected chi connectivity index (χ2v) is 3.50. The summed E-state index contributed by atoms with van der Waals surface area (Å²) < 4.78 is 5.38. The molecule has 2 rings (SSSR count). The molecule has 1 aromatic heterocycles. The number of nitriles is 1. The van der Waals surface area contributed by atoms with Crippen molar-refractivity contribution in [2.24, 2.45) is 0 Å². The smallest absolute Gasteiger partial charge is 0.160 e. The third kappa shape index (κ3) is 2.71. The maximum Gasteiger partial charge on any atom is 0.160 e. The molecular formula is C14H11N3O. The minimum Gasteiger partial charge on any atom is -0.490 e.